The van der Waals surface area contributed by atoms with Crippen LogP contribution in [0.25, 0.3) is 0 Å². The summed E-state index contributed by atoms with van der Waals surface area (Å²) in [6.07, 6.45) is 0. The molecule has 2 rings (SSSR count). The van der Waals surface area contributed by atoms with Crippen LogP contribution in [0.3, 0.4) is 0 Å². The molecule has 0 unspecified atom stereocenters. The molecule has 0 radical (unpaired) electrons. The summed E-state index contributed by atoms with van der Waals surface area (Å²) in [6.45, 7) is 0.157. The maximum atomic E-state index is 12.2. The first-order chi connectivity index (χ1) is 9.38. The van der Waals surface area contributed by atoms with Crippen molar-refractivity contribution in [3.8, 4) is 0 Å². The number of sulfonamides is 1. The Morgan fingerprint density at radius 2 is 1.95 bits per heavy atom. The summed E-state index contributed by atoms with van der Waals surface area (Å²) in [7, 11) is -3.64. The van der Waals surface area contributed by atoms with Crippen molar-refractivity contribution >= 4 is 43.2 Å². The SMILES string of the molecule is Nc1ccc(Br)c(S(=O)(=O)NCc2cccc(Cl)c2)c1. The third-order valence-electron chi connectivity index (χ3n) is 2.60. The number of halogens is 2. The van der Waals surface area contributed by atoms with E-state index in [0.717, 1.165) is 5.56 Å². The molecule has 0 heterocycles. The zero-order valence-corrected chi connectivity index (χ0v) is 13.5. The Morgan fingerprint density at radius 3 is 2.65 bits per heavy atom. The molecule has 0 amide bonds. The van der Waals surface area contributed by atoms with Gasteiger partial charge in [-0.05, 0) is 51.8 Å². The van der Waals surface area contributed by atoms with Gasteiger partial charge in [-0.3, -0.25) is 0 Å². The Hall–Kier alpha value is -1.08. The largest absolute Gasteiger partial charge is 0.399 e. The van der Waals surface area contributed by atoms with E-state index < -0.39 is 10.0 Å². The molecule has 2 aromatic carbocycles. The van der Waals surface area contributed by atoms with Crippen molar-refractivity contribution in [2.24, 2.45) is 0 Å². The van der Waals surface area contributed by atoms with Crippen LogP contribution in [0.2, 0.25) is 5.02 Å². The number of rotatable bonds is 4. The molecular weight excluding hydrogens is 364 g/mol. The molecule has 0 atom stereocenters. The van der Waals surface area contributed by atoms with Crippen molar-refractivity contribution in [3.05, 3.63) is 57.5 Å². The van der Waals surface area contributed by atoms with Crippen LogP contribution < -0.4 is 10.5 Å². The molecule has 0 aliphatic rings. The van der Waals surface area contributed by atoms with E-state index in [1.165, 1.54) is 6.07 Å². The Kier molecular flexibility index (Phi) is 4.70. The Bertz CT molecular complexity index is 735. The first kappa shape index (κ1) is 15.3. The minimum atomic E-state index is -3.64. The molecule has 0 saturated carbocycles. The molecule has 2 aromatic rings. The van der Waals surface area contributed by atoms with E-state index >= 15 is 0 Å². The summed E-state index contributed by atoms with van der Waals surface area (Å²) in [5.74, 6) is 0. The molecule has 0 saturated heterocycles. The highest BCUT2D eigenvalue weighted by Crippen LogP contribution is 2.24. The van der Waals surface area contributed by atoms with Crippen molar-refractivity contribution in [3.63, 3.8) is 0 Å². The van der Waals surface area contributed by atoms with E-state index in [0.29, 0.717) is 15.2 Å². The average molecular weight is 376 g/mol. The van der Waals surface area contributed by atoms with E-state index in [1.807, 2.05) is 0 Å². The number of nitrogen functional groups attached to an aromatic ring is 1. The van der Waals surface area contributed by atoms with Gasteiger partial charge in [-0.15, -0.1) is 0 Å². The predicted octanol–water partition coefficient (Wildman–Crippen LogP) is 3.16. The van der Waals surface area contributed by atoms with Crippen LogP contribution in [0.4, 0.5) is 5.69 Å². The Morgan fingerprint density at radius 1 is 1.20 bits per heavy atom. The maximum absolute atomic E-state index is 12.2. The van der Waals surface area contributed by atoms with Gasteiger partial charge in [0.15, 0.2) is 0 Å². The topological polar surface area (TPSA) is 72.2 Å². The standard InChI is InChI=1S/C13H12BrClN2O2S/c14-12-5-4-11(16)7-13(12)20(18,19)17-8-9-2-1-3-10(15)6-9/h1-7,17H,8,16H2. The fraction of sp³-hybridized carbons (Fsp3) is 0.0769. The first-order valence-electron chi connectivity index (χ1n) is 5.67. The van der Waals surface area contributed by atoms with Crippen LogP contribution >= 0.6 is 27.5 Å². The van der Waals surface area contributed by atoms with Gasteiger partial charge in [0.05, 0.1) is 4.90 Å². The van der Waals surface area contributed by atoms with Gasteiger partial charge in [-0.1, -0.05) is 23.7 Å². The van der Waals surface area contributed by atoms with E-state index in [4.69, 9.17) is 17.3 Å². The van der Waals surface area contributed by atoms with Crippen LogP contribution in [0, 0.1) is 0 Å². The van der Waals surface area contributed by atoms with Crippen molar-refractivity contribution in [2.75, 3.05) is 5.73 Å². The van der Waals surface area contributed by atoms with E-state index in [-0.39, 0.29) is 11.4 Å². The summed E-state index contributed by atoms with van der Waals surface area (Å²) in [4.78, 5) is 0.111. The highest BCUT2D eigenvalue weighted by molar-refractivity contribution is 9.10. The number of anilines is 1. The molecule has 0 fully saturated rings. The zero-order valence-electron chi connectivity index (χ0n) is 10.3. The molecule has 0 aliphatic heterocycles. The Balaban J connectivity index is 2.21. The van der Waals surface area contributed by atoms with Gasteiger partial charge in [0, 0.05) is 21.7 Å². The summed E-state index contributed by atoms with van der Waals surface area (Å²) < 4.78 is 27.4. The second-order valence-electron chi connectivity index (χ2n) is 4.14. The second kappa shape index (κ2) is 6.13. The molecule has 0 bridgehead atoms. The van der Waals surface area contributed by atoms with Gasteiger partial charge in [-0.25, -0.2) is 13.1 Å². The lowest BCUT2D eigenvalue weighted by molar-refractivity contribution is 0.581. The number of hydrogen-bond acceptors (Lipinski definition) is 3. The van der Waals surface area contributed by atoms with E-state index in [2.05, 4.69) is 20.7 Å². The van der Waals surface area contributed by atoms with Crippen LogP contribution in [0.15, 0.2) is 51.8 Å². The third kappa shape index (κ3) is 3.73. The van der Waals surface area contributed by atoms with Gasteiger partial charge < -0.3 is 5.73 Å². The average Bonchev–Trinajstić information content (AvgIpc) is 2.39. The zero-order chi connectivity index (χ0) is 14.8. The lowest BCUT2D eigenvalue weighted by Crippen LogP contribution is -2.23. The van der Waals surface area contributed by atoms with Crippen molar-refractivity contribution in [1.82, 2.24) is 4.72 Å². The van der Waals surface area contributed by atoms with Crippen LogP contribution in [0.5, 0.6) is 0 Å². The molecule has 0 aromatic heterocycles. The van der Waals surface area contributed by atoms with Gasteiger partial charge in [-0.2, -0.15) is 0 Å². The van der Waals surface area contributed by atoms with Gasteiger partial charge in [0.2, 0.25) is 10.0 Å². The minimum absolute atomic E-state index is 0.111. The minimum Gasteiger partial charge on any atom is -0.399 e. The number of nitrogens with two attached hydrogens (primary N) is 1. The number of nitrogens with one attached hydrogen (secondary N) is 1. The van der Waals surface area contributed by atoms with E-state index in [9.17, 15) is 8.42 Å². The lowest BCUT2D eigenvalue weighted by Gasteiger charge is -2.09. The summed E-state index contributed by atoms with van der Waals surface area (Å²) in [6, 6.07) is 11.6. The number of hydrogen-bond donors (Lipinski definition) is 2. The van der Waals surface area contributed by atoms with Crippen LogP contribution in [0.1, 0.15) is 5.56 Å². The van der Waals surface area contributed by atoms with Crippen molar-refractivity contribution in [2.45, 2.75) is 11.4 Å². The fourth-order valence-electron chi connectivity index (χ4n) is 1.63. The highest BCUT2D eigenvalue weighted by Gasteiger charge is 2.17. The van der Waals surface area contributed by atoms with Gasteiger partial charge in [0.25, 0.3) is 0 Å². The van der Waals surface area contributed by atoms with Crippen LogP contribution in [-0.2, 0) is 16.6 Å². The Labute approximate surface area is 131 Å². The predicted molar refractivity (Wildman–Crippen MR) is 84.0 cm³/mol. The third-order valence-corrected chi connectivity index (χ3v) is 5.23. The first-order valence-corrected chi connectivity index (χ1v) is 8.33. The normalized spacial score (nSPS) is 11.5. The maximum Gasteiger partial charge on any atom is 0.242 e. The molecule has 20 heavy (non-hydrogen) atoms. The van der Waals surface area contributed by atoms with Crippen molar-refractivity contribution < 1.29 is 8.42 Å². The quantitative estimate of drug-likeness (QED) is 0.806. The molecule has 106 valence electrons. The summed E-state index contributed by atoms with van der Waals surface area (Å²) in [5.41, 5.74) is 6.79. The van der Waals surface area contributed by atoms with Crippen molar-refractivity contribution in [1.29, 1.82) is 0 Å². The highest BCUT2D eigenvalue weighted by atomic mass is 79.9. The van der Waals surface area contributed by atoms with Crippen LogP contribution in [-0.4, -0.2) is 8.42 Å². The molecule has 0 spiro atoms. The van der Waals surface area contributed by atoms with Gasteiger partial charge in [0.1, 0.15) is 0 Å². The molecular formula is C13H12BrClN2O2S. The van der Waals surface area contributed by atoms with Gasteiger partial charge >= 0.3 is 0 Å². The number of benzene rings is 2. The monoisotopic (exact) mass is 374 g/mol. The smallest absolute Gasteiger partial charge is 0.242 e. The molecule has 4 nitrogen and oxygen atoms in total. The lowest BCUT2D eigenvalue weighted by atomic mass is 10.2. The fourth-order valence-corrected chi connectivity index (χ4v) is 3.86. The van der Waals surface area contributed by atoms with E-state index in [1.54, 1.807) is 36.4 Å². The molecule has 3 N–H and O–H groups in total. The molecule has 0 aliphatic carbocycles. The summed E-state index contributed by atoms with van der Waals surface area (Å²) in [5, 5.41) is 0.562. The molecule has 7 heteroatoms. The second-order valence-corrected chi connectivity index (χ2v) is 7.17. The summed E-state index contributed by atoms with van der Waals surface area (Å²) >= 11 is 9.06.